The Morgan fingerprint density at radius 1 is 1.36 bits per heavy atom. The molecule has 0 bridgehead atoms. The van der Waals surface area contributed by atoms with E-state index >= 15 is 0 Å². The number of amides is 2. The Labute approximate surface area is 154 Å². The molecule has 1 aliphatic heterocycles. The number of aryl methyl sites for hydroxylation is 1. The highest BCUT2D eigenvalue weighted by Gasteiger charge is 2.29. The molecule has 1 N–H and O–H groups in total. The summed E-state index contributed by atoms with van der Waals surface area (Å²) >= 11 is 1.44. The molecule has 1 aliphatic rings. The summed E-state index contributed by atoms with van der Waals surface area (Å²) in [6.45, 7) is 9.80. The third-order valence-electron chi connectivity index (χ3n) is 4.44. The van der Waals surface area contributed by atoms with Crippen LogP contribution in [0.1, 0.15) is 45.7 Å². The van der Waals surface area contributed by atoms with Crippen LogP contribution in [0, 0.1) is 18.8 Å². The number of anilines is 1. The van der Waals surface area contributed by atoms with Crippen molar-refractivity contribution in [2.24, 2.45) is 11.8 Å². The van der Waals surface area contributed by atoms with Crippen LogP contribution in [0.3, 0.4) is 0 Å². The molecule has 1 aromatic heterocycles. The largest absolute Gasteiger partial charge is 0.369 e. The van der Waals surface area contributed by atoms with Crippen molar-refractivity contribution in [3.8, 4) is 0 Å². The van der Waals surface area contributed by atoms with Gasteiger partial charge in [0, 0.05) is 31.0 Å². The van der Waals surface area contributed by atoms with Gasteiger partial charge in [-0.05, 0) is 39.0 Å². The van der Waals surface area contributed by atoms with Gasteiger partial charge in [-0.25, -0.2) is 4.98 Å². The second kappa shape index (κ2) is 9.29. The van der Waals surface area contributed by atoms with Gasteiger partial charge in [-0.2, -0.15) is 0 Å². The predicted molar refractivity (Wildman–Crippen MR) is 99.7 cm³/mol. The van der Waals surface area contributed by atoms with Gasteiger partial charge in [0.1, 0.15) is 6.10 Å². The summed E-state index contributed by atoms with van der Waals surface area (Å²) in [6, 6.07) is 0. The molecule has 1 atom stereocenters. The van der Waals surface area contributed by atoms with E-state index in [1.165, 1.54) is 11.3 Å². The van der Waals surface area contributed by atoms with E-state index in [4.69, 9.17) is 4.74 Å². The van der Waals surface area contributed by atoms with Crippen LogP contribution >= 0.6 is 11.3 Å². The van der Waals surface area contributed by atoms with Crippen molar-refractivity contribution < 1.29 is 14.3 Å². The normalized spacial score (nSPS) is 16.9. The number of hydrogen-bond donors (Lipinski definition) is 1. The summed E-state index contributed by atoms with van der Waals surface area (Å²) in [5.74, 6) is 0.532. The molecule has 0 unspecified atom stereocenters. The number of rotatable bonds is 7. The molecule has 7 heteroatoms. The maximum Gasteiger partial charge on any atom is 0.251 e. The zero-order chi connectivity index (χ0) is 18.4. The Kier molecular flexibility index (Phi) is 7.38. The zero-order valence-corrected chi connectivity index (χ0v) is 16.4. The van der Waals surface area contributed by atoms with Crippen molar-refractivity contribution in [3.05, 3.63) is 11.1 Å². The average molecular weight is 368 g/mol. The van der Waals surface area contributed by atoms with E-state index < -0.39 is 6.10 Å². The van der Waals surface area contributed by atoms with Gasteiger partial charge in [0.25, 0.3) is 5.91 Å². The maximum absolute atomic E-state index is 12.4. The van der Waals surface area contributed by atoms with Crippen LogP contribution in [0.2, 0.25) is 0 Å². The molecule has 0 saturated carbocycles. The van der Waals surface area contributed by atoms with Crippen molar-refractivity contribution in [2.75, 3.05) is 25.0 Å². The van der Waals surface area contributed by atoms with E-state index in [1.54, 1.807) is 0 Å². The molecule has 0 aliphatic carbocycles. The lowest BCUT2D eigenvalue weighted by atomic mass is 9.95. The highest BCUT2D eigenvalue weighted by Crippen LogP contribution is 2.22. The lowest BCUT2D eigenvalue weighted by molar-refractivity contribution is -0.145. The van der Waals surface area contributed by atoms with Crippen molar-refractivity contribution >= 4 is 28.3 Å². The minimum atomic E-state index is -0.414. The molecule has 25 heavy (non-hydrogen) atoms. The number of hydrogen-bond acceptors (Lipinski definition) is 5. The minimum Gasteiger partial charge on any atom is -0.369 e. The van der Waals surface area contributed by atoms with E-state index in [2.05, 4.69) is 24.1 Å². The molecule has 2 amide bonds. The fourth-order valence-electron chi connectivity index (χ4n) is 2.79. The molecular weight excluding hydrogens is 338 g/mol. The Hall–Kier alpha value is -1.47. The van der Waals surface area contributed by atoms with Gasteiger partial charge < -0.3 is 15.0 Å². The standard InChI is InChI=1S/C18H29N3O3S/c1-12(2)7-10-24-14(4)17(23)21-8-5-15(6-9-21)16(22)20-18-19-13(3)11-25-18/h11-12,14-15H,5-10H2,1-4H3,(H,19,20,22)/t14-/m1/s1. The van der Waals surface area contributed by atoms with Gasteiger partial charge >= 0.3 is 0 Å². The highest BCUT2D eigenvalue weighted by atomic mass is 32.1. The number of likely N-dealkylation sites (tertiary alicyclic amines) is 1. The first-order valence-electron chi connectivity index (χ1n) is 9.00. The summed E-state index contributed by atoms with van der Waals surface area (Å²) in [7, 11) is 0. The Morgan fingerprint density at radius 3 is 2.60 bits per heavy atom. The first-order chi connectivity index (χ1) is 11.9. The van der Waals surface area contributed by atoms with Crippen molar-refractivity contribution in [1.29, 1.82) is 0 Å². The van der Waals surface area contributed by atoms with E-state index in [0.29, 0.717) is 43.6 Å². The Bertz CT molecular complexity index is 580. The first kappa shape index (κ1) is 19.8. The molecule has 0 radical (unpaired) electrons. The monoisotopic (exact) mass is 367 g/mol. The summed E-state index contributed by atoms with van der Waals surface area (Å²) in [5, 5.41) is 5.44. The van der Waals surface area contributed by atoms with Crippen LogP contribution in [-0.4, -0.2) is 47.5 Å². The topological polar surface area (TPSA) is 71.5 Å². The van der Waals surface area contributed by atoms with Crippen LogP contribution in [0.15, 0.2) is 5.38 Å². The van der Waals surface area contributed by atoms with E-state index in [0.717, 1.165) is 12.1 Å². The predicted octanol–water partition coefficient (Wildman–Crippen LogP) is 3.08. The number of carbonyl (C=O) groups is 2. The van der Waals surface area contributed by atoms with Crippen LogP contribution < -0.4 is 5.32 Å². The van der Waals surface area contributed by atoms with E-state index in [-0.39, 0.29) is 17.7 Å². The lowest BCUT2D eigenvalue weighted by Crippen LogP contribution is -2.45. The molecule has 1 aromatic rings. The average Bonchev–Trinajstić information content (AvgIpc) is 2.98. The maximum atomic E-state index is 12.4. The van der Waals surface area contributed by atoms with Gasteiger partial charge in [-0.3, -0.25) is 9.59 Å². The summed E-state index contributed by atoms with van der Waals surface area (Å²) < 4.78 is 5.65. The molecule has 2 rings (SSSR count). The second-order valence-electron chi connectivity index (χ2n) is 7.08. The molecule has 0 aromatic carbocycles. The van der Waals surface area contributed by atoms with E-state index in [1.807, 2.05) is 24.1 Å². The van der Waals surface area contributed by atoms with E-state index in [9.17, 15) is 9.59 Å². The van der Waals surface area contributed by atoms with Gasteiger partial charge in [0.15, 0.2) is 5.13 Å². The molecule has 2 heterocycles. The number of thiazole rings is 1. The highest BCUT2D eigenvalue weighted by molar-refractivity contribution is 7.13. The number of nitrogens with zero attached hydrogens (tertiary/aromatic N) is 2. The molecular formula is C18H29N3O3S. The van der Waals surface area contributed by atoms with Crippen LogP contribution in [0.25, 0.3) is 0 Å². The van der Waals surface area contributed by atoms with Gasteiger partial charge in [0.05, 0.1) is 5.69 Å². The van der Waals surface area contributed by atoms with Crippen molar-refractivity contribution in [1.82, 2.24) is 9.88 Å². The summed E-state index contributed by atoms with van der Waals surface area (Å²) in [4.78, 5) is 30.8. The van der Waals surface area contributed by atoms with Crippen LogP contribution in [0.5, 0.6) is 0 Å². The number of ether oxygens (including phenoxy) is 1. The first-order valence-corrected chi connectivity index (χ1v) is 9.88. The Morgan fingerprint density at radius 2 is 2.04 bits per heavy atom. The van der Waals surface area contributed by atoms with Gasteiger partial charge in [-0.15, -0.1) is 11.3 Å². The number of aromatic nitrogens is 1. The molecule has 1 fully saturated rings. The number of piperidine rings is 1. The minimum absolute atomic E-state index is 0.00248. The smallest absolute Gasteiger partial charge is 0.251 e. The second-order valence-corrected chi connectivity index (χ2v) is 7.94. The molecule has 6 nitrogen and oxygen atoms in total. The third-order valence-corrected chi connectivity index (χ3v) is 5.31. The summed E-state index contributed by atoms with van der Waals surface area (Å²) in [6.07, 6.45) is 1.90. The van der Waals surface area contributed by atoms with Crippen LogP contribution in [-0.2, 0) is 14.3 Å². The fraction of sp³-hybridized carbons (Fsp3) is 0.722. The Balaban J connectivity index is 1.74. The quantitative estimate of drug-likeness (QED) is 0.804. The fourth-order valence-corrected chi connectivity index (χ4v) is 3.48. The van der Waals surface area contributed by atoms with Crippen molar-refractivity contribution in [3.63, 3.8) is 0 Å². The molecule has 1 saturated heterocycles. The zero-order valence-electron chi connectivity index (χ0n) is 15.6. The summed E-state index contributed by atoms with van der Waals surface area (Å²) in [5.41, 5.74) is 0.909. The van der Waals surface area contributed by atoms with Crippen molar-refractivity contribution in [2.45, 2.75) is 53.1 Å². The lowest BCUT2D eigenvalue weighted by Gasteiger charge is -2.32. The van der Waals surface area contributed by atoms with Gasteiger partial charge in [0.2, 0.25) is 5.91 Å². The molecule has 0 spiro atoms. The number of nitrogens with one attached hydrogen (secondary N) is 1. The third kappa shape index (κ3) is 6.08. The SMILES string of the molecule is Cc1csc(NC(=O)C2CCN(C(=O)[C@@H](C)OCCC(C)C)CC2)n1. The molecule has 140 valence electrons. The van der Waals surface area contributed by atoms with Crippen LogP contribution in [0.4, 0.5) is 5.13 Å². The van der Waals surface area contributed by atoms with Gasteiger partial charge in [-0.1, -0.05) is 13.8 Å². The number of carbonyl (C=O) groups excluding carboxylic acids is 2.